The SMILES string of the molecule is CCCCCCCCCCCCC(S)C[N+](C)(C)C. The number of hydrogen-bond acceptors (Lipinski definition) is 1. The predicted octanol–water partition coefficient (Wildman–Crippen LogP) is 5.30. The number of thiol groups is 1. The maximum absolute atomic E-state index is 4.70. The van der Waals surface area contributed by atoms with Gasteiger partial charge in [-0.2, -0.15) is 12.6 Å². The van der Waals surface area contributed by atoms with Gasteiger partial charge in [-0.05, 0) is 6.42 Å². The van der Waals surface area contributed by atoms with E-state index < -0.39 is 0 Å². The molecule has 0 N–H and O–H groups in total. The van der Waals surface area contributed by atoms with Crippen LogP contribution in [0.15, 0.2) is 0 Å². The average molecular weight is 289 g/mol. The van der Waals surface area contributed by atoms with Crippen LogP contribution >= 0.6 is 12.6 Å². The van der Waals surface area contributed by atoms with Crippen molar-refractivity contribution >= 4 is 12.6 Å². The standard InChI is InChI=1S/C17H37NS/c1-5-6-7-8-9-10-11-12-13-14-15-17(19)16-18(2,3)4/h17H,5-16H2,1-4H3/p+1. The van der Waals surface area contributed by atoms with Gasteiger partial charge in [-0.25, -0.2) is 0 Å². The maximum atomic E-state index is 4.70. The van der Waals surface area contributed by atoms with Crippen LogP contribution < -0.4 is 0 Å². The molecule has 0 saturated heterocycles. The molecule has 0 aliphatic heterocycles. The van der Waals surface area contributed by atoms with Gasteiger partial charge < -0.3 is 4.48 Å². The summed E-state index contributed by atoms with van der Waals surface area (Å²) < 4.78 is 1.03. The minimum absolute atomic E-state index is 0.578. The summed E-state index contributed by atoms with van der Waals surface area (Å²) in [5.41, 5.74) is 0. The number of quaternary nitrogens is 1. The summed E-state index contributed by atoms with van der Waals surface area (Å²) in [6.45, 7) is 3.47. The van der Waals surface area contributed by atoms with Crippen molar-refractivity contribution in [2.75, 3.05) is 27.7 Å². The summed E-state index contributed by atoms with van der Waals surface area (Å²) in [6.07, 6.45) is 15.5. The van der Waals surface area contributed by atoms with Crippen LogP contribution in [-0.4, -0.2) is 37.4 Å². The lowest BCUT2D eigenvalue weighted by Gasteiger charge is -2.27. The highest BCUT2D eigenvalue weighted by Gasteiger charge is 2.13. The molecule has 0 rings (SSSR count). The van der Waals surface area contributed by atoms with Gasteiger partial charge in [0.1, 0.15) is 0 Å². The second-order valence-corrected chi connectivity index (χ2v) is 7.83. The van der Waals surface area contributed by atoms with Crippen LogP contribution in [0, 0.1) is 0 Å². The molecule has 1 nitrogen and oxygen atoms in total. The van der Waals surface area contributed by atoms with Crippen LogP contribution in [0.25, 0.3) is 0 Å². The highest BCUT2D eigenvalue weighted by molar-refractivity contribution is 7.81. The molecule has 0 saturated carbocycles. The predicted molar refractivity (Wildman–Crippen MR) is 92.1 cm³/mol. The molecular formula is C17H38NS+. The normalized spacial score (nSPS) is 13.7. The van der Waals surface area contributed by atoms with E-state index in [1.165, 1.54) is 77.2 Å². The summed E-state index contributed by atoms with van der Waals surface area (Å²) in [5.74, 6) is 0. The number of unbranched alkanes of at least 4 members (excludes halogenated alkanes) is 9. The molecular weight excluding hydrogens is 250 g/mol. The van der Waals surface area contributed by atoms with Crippen LogP contribution in [0.2, 0.25) is 0 Å². The Hall–Kier alpha value is 0.310. The summed E-state index contributed by atoms with van der Waals surface area (Å²) in [7, 11) is 6.76. The lowest BCUT2D eigenvalue weighted by Crippen LogP contribution is -2.39. The van der Waals surface area contributed by atoms with Crippen LogP contribution in [0.5, 0.6) is 0 Å². The van der Waals surface area contributed by atoms with Crippen LogP contribution in [-0.2, 0) is 0 Å². The van der Waals surface area contributed by atoms with Gasteiger partial charge in [0.15, 0.2) is 0 Å². The first-order valence-corrected chi connectivity index (χ1v) is 8.96. The zero-order valence-electron chi connectivity index (χ0n) is 14.0. The molecule has 0 aromatic rings. The van der Waals surface area contributed by atoms with Gasteiger partial charge in [0.2, 0.25) is 0 Å². The molecule has 1 unspecified atom stereocenters. The van der Waals surface area contributed by atoms with Crippen molar-refractivity contribution in [2.24, 2.45) is 0 Å². The third-order valence-corrected chi connectivity index (χ3v) is 4.07. The Morgan fingerprint density at radius 2 is 1.16 bits per heavy atom. The Bertz CT molecular complexity index is 186. The van der Waals surface area contributed by atoms with Gasteiger partial charge in [-0.15, -0.1) is 0 Å². The molecule has 0 amide bonds. The first-order valence-electron chi connectivity index (χ1n) is 8.44. The average Bonchev–Trinajstić information content (AvgIpc) is 2.29. The second-order valence-electron chi connectivity index (χ2n) is 7.10. The van der Waals surface area contributed by atoms with Gasteiger partial charge >= 0.3 is 0 Å². The van der Waals surface area contributed by atoms with Gasteiger partial charge in [0.05, 0.1) is 32.9 Å². The molecule has 0 radical (unpaired) electrons. The molecule has 116 valence electrons. The van der Waals surface area contributed by atoms with Crippen molar-refractivity contribution < 1.29 is 4.48 Å². The van der Waals surface area contributed by atoms with E-state index in [1.54, 1.807) is 0 Å². The lowest BCUT2D eigenvalue weighted by molar-refractivity contribution is -0.869. The van der Waals surface area contributed by atoms with E-state index in [0.717, 1.165) is 4.48 Å². The second kappa shape index (κ2) is 12.1. The Kier molecular flexibility index (Phi) is 12.3. The number of rotatable bonds is 13. The van der Waals surface area contributed by atoms with E-state index in [4.69, 9.17) is 12.6 Å². The van der Waals surface area contributed by atoms with Crippen molar-refractivity contribution in [3.05, 3.63) is 0 Å². The molecule has 2 heteroatoms. The highest BCUT2D eigenvalue weighted by Crippen LogP contribution is 2.14. The van der Waals surface area contributed by atoms with Crippen molar-refractivity contribution in [2.45, 2.75) is 82.8 Å². The largest absolute Gasteiger partial charge is 0.330 e. The van der Waals surface area contributed by atoms with Gasteiger partial charge in [-0.3, -0.25) is 0 Å². The molecule has 0 aromatic heterocycles. The van der Waals surface area contributed by atoms with Gasteiger partial charge in [-0.1, -0.05) is 71.1 Å². The van der Waals surface area contributed by atoms with E-state index >= 15 is 0 Å². The Morgan fingerprint density at radius 3 is 1.58 bits per heavy atom. The summed E-state index contributed by atoms with van der Waals surface area (Å²) in [5, 5.41) is 0.578. The van der Waals surface area contributed by atoms with E-state index in [1.807, 2.05) is 0 Å². The molecule has 0 spiro atoms. The fraction of sp³-hybridized carbons (Fsp3) is 1.00. The van der Waals surface area contributed by atoms with E-state index in [9.17, 15) is 0 Å². The van der Waals surface area contributed by atoms with Gasteiger partial charge in [0, 0.05) is 0 Å². The highest BCUT2D eigenvalue weighted by atomic mass is 32.1. The fourth-order valence-corrected chi connectivity index (χ4v) is 3.26. The van der Waals surface area contributed by atoms with Crippen molar-refractivity contribution in [3.8, 4) is 0 Å². The summed E-state index contributed by atoms with van der Waals surface area (Å²) >= 11 is 4.70. The van der Waals surface area contributed by atoms with E-state index in [0.29, 0.717) is 5.25 Å². The fourth-order valence-electron chi connectivity index (χ4n) is 2.59. The molecule has 0 bridgehead atoms. The van der Waals surface area contributed by atoms with E-state index in [2.05, 4.69) is 28.1 Å². The molecule has 0 aromatic carbocycles. The summed E-state index contributed by atoms with van der Waals surface area (Å²) in [6, 6.07) is 0. The monoisotopic (exact) mass is 288 g/mol. The molecule has 0 fully saturated rings. The zero-order valence-corrected chi connectivity index (χ0v) is 14.9. The van der Waals surface area contributed by atoms with Crippen LogP contribution in [0.3, 0.4) is 0 Å². The van der Waals surface area contributed by atoms with Gasteiger partial charge in [0.25, 0.3) is 0 Å². The number of nitrogens with zero attached hydrogens (tertiary/aromatic N) is 1. The molecule has 1 atom stereocenters. The van der Waals surface area contributed by atoms with Crippen molar-refractivity contribution in [3.63, 3.8) is 0 Å². The minimum Gasteiger partial charge on any atom is -0.330 e. The van der Waals surface area contributed by atoms with Crippen molar-refractivity contribution in [1.29, 1.82) is 0 Å². The summed E-state index contributed by atoms with van der Waals surface area (Å²) in [4.78, 5) is 0. The first-order chi connectivity index (χ1) is 8.95. The molecule has 0 aliphatic carbocycles. The Balaban J connectivity index is 3.18. The number of hydrogen-bond donors (Lipinski definition) is 1. The smallest absolute Gasteiger partial charge is 0.0898 e. The molecule has 0 aliphatic rings. The van der Waals surface area contributed by atoms with Crippen LogP contribution in [0.1, 0.15) is 77.6 Å². The van der Waals surface area contributed by atoms with Crippen molar-refractivity contribution in [1.82, 2.24) is 0 Å². The topological polar surface area (TPSA) is 0 Å². The van der Waals surface area contributed by atoms with Crippen LogP contribution in [0.4, 0.5) is 0 Å². The molecule has 0 heterocycles. The lowest BCUT2D eigenvalue weighted by atomic mass is 10.1. The first kappa shape index (κ1) is 19.3. The third kappa shape index (κ3) is 16.3. The Labute approximate surface area is 128 Å². The molecule has 19 heavy (non-hydrogen) atoms. The minimum atomic E-state index is 0.578. The van der Waals surface area contributed by atoms with E-state index in [-0.39, 0.29) is 0 Å². The quantitative estimate of drug-likeness (QED) is 0.265. The third-order valence-electron chi connectivity index (χ3n) is 3.65. The maximum Gasteiger partial charge on any atom is 0.0898 e. The zero-order chi connectivity index (χ0) is 14.6. The Morgan fingerprint density at radius 1 is 0.737 bits per heavy atom.